The number of thiophene rings is 1. The van der Waals surface area contributed by atoms with Gasteiger partial charge in [0.05, 0.1) is 24.4 Å². The van der Waals surface area contributed by atoms with Gasteiger partial charge in [-0.05, 0) is 63.4 Å². The van der Waals surface area contributed by atoms with Crippen molar-refractivity contribution in [3.8, 4) is 0 Å². The van der Waals surface area contributed by atoms with Crippen molar-refractivity contribution < 1.29 is 19.1 Å². The minimum Gasteiger partial charge on any atom is -0.461 e. The Hall–Kier alpha value is -2.75. The lowest BCUT2D eigenvalue weighted by Crippen LogP contribution is -2.29. The Bertz CT molecular complexity index is 1050. The third-order valence-corrected chi connectivity index (χ3v) is 7.51. The molecule has 0 saturated heterocycles. The Morgan fingerprint density at radius 1 is 1.22 bits per heavy atom. The van der Waals surface area contributed by atoms with Gasteiger partial charge < -0.3 is 15.4 Å². The molecule has 0 spiro atoms. The molecule has 0 bridgehead atoms. The van der Waals surface area contributed by atoms with Crippen molar-refractivity contribution in [3.63, 3.8) is 0 Å². The van der Waals surface area contributed by atoms with Crippen molar-refractivity contribution in [2.45, 2.75) is 57.9 Å². The SMILES string of the molecule is CCOC(=O)c1cnnn1C1CCc2sc(NC(=O)C3CC3)c(C(=O)NCC3CC3)c2C1. The van der Waals surface area contributed by atoms with Crippen LogP contribution in [0.15, 0.2) is 6.20 Å². The number of amides is 2. The van der Waals surface area contributed by atoms with Crippen molar-refractivity contribution in [3.05, 3.63) is 27.9 Å². The quantitative estimate of drug-likeness (QED) is 0.589. The number of carbonyl (C=O) groups is 3. The van der Waals surface area contributed by atoms with Crippen LogP contribution in [0.3, 0.4) is 0 Å². The van der Waals surface area contributed by atoms with Crippen molar-refractivity contribution in [1.29, 1.82) is 0 Å². The van der Waals surface area contributed by atoms with E-state index in [1.165, 1.54) is 17.5 Å². The number of rotatable bonds is 8. The highest BCUT2D eigenvalue weighted by Crippen LogP contribution is 2.42. The van der Waals surface area contributed by atoms with Crippen LogP contribution in [0.1, 0.15) is 76.4 Å². The molecule has 3 aliphatic rings. The standard InChI is InChI=1S/C22H27N5O4S/c1-2-31-22(30)16-11-24-26-27(16)14-7-8-17-15(9-14)18(20(29)23-10-12-3-4-12)21(32-17)25-19(28)13-5-6-13/h11-14H,2-10H2,1H3,(H,23,29)(H,25,28). The van der Waals surface area contributed by atoms with E-state index in [1.54, 1.807) is 11.6 Å². The van der Waals surface area contributed by atoms with E-state index in [0.29, 0.717) is 35.1 Å². The zero-order valence-electron chi connectivity index (χ0n) is 18.1. The maximum absolute atomic E-state index is 13.2. The molecule has 0 radical (unpaired) electrons. The van der Waals surface area contributed by atoms with Crippen LogP contribution in [0, 0.1) is 11.8 Å². The molecule has 2 fully saturated rings. The first-order valence-electron chi connectivity index (χ1n) is 11.4. The molecular weight excluding hydrogens is 430 g/mol. The van der Waals surface area contributed by atoms with Gasteiger partial charge in [0.25, 0.3) is 5.91 Å². The number of nitrogens with zero attached hydrogens (tertiary/aromatic N) is 3. The lowest BCUT2D eigenvalue weighted by molar-refractivity contribution is -0.117. The number of nitrogens with one attached hydrogen (secondary N) is 2. The Labute approximate surface area is 189 Å². The molecule has 2 aromatic rings. The molecule has 2 N–H and O–H groups in total. The second kappa shape index (κ2) is 8.65. The molecular formula is C22H27N5O4S. The van der Waals surface area contributed by atoms with Gasteiger partial charge in [0.2, 0.25) is 5.91 Å². The first-order valence-corrected chi connectivity index (χ1v) is 12.2. The molecule has 32 heavy (non-hydrogen) atoms. The van der Waals surface area contributed by atoms with Gasteiger partial charge in [0, 0.05) is 17.3 Å². The summed E-state index contributed by atoms with van der Waals surface area (Å²) >= 11 is 1.50. The molecule has 10 heteroatoms. The minimum atomic E-state index is -0.451. The van der Waals surface area contributed by atoms with E-state index < -0.39 is 5.97 Å². The number of aryl methyl sites for hydroxylation is 1. The van der Waals surface area contributed by atoms with Crippen molar-refractivity contribution >= 4 is 34.1 Å². The fraction of sp³-hybridized carbons (Fsp3) is 0.591. The van der Waals surface area contributed by atoms with Gasteiger partial charge in [-0.25, -0.2) is 9.48 Å². The zero-order chi connectivity index (χ0) is 22.2. The number of esters is 1. The molecule has 0 aromatic carbocycles. The fourth-order valence-corrected chi connectivity index (χ4v) is 5.42. The topological polar surface area (TPSA) is 115 Å². The Balaban J connectivity index is 1.43. The van der Waals surface area contributed by atoms with Gasteiger partial charge in [-0.2, -0.15) is 0 Å². The summed E-state index contributed by atoms with van der Waals surface area (Å²) in [5.41, 5.74) is 1.83. The Morgan fingerprint density at radius 2 is 2.03 bits per heavy atom. The molecule has 1 atom stereocenters. The average molecular weight is 458 g/mol. The fourth-order valence-electron chi connectivity index (χ4n) is 4.17. The van der Waals surface area contributed by atoms with Crippen molar-refractivity contribution in [2.75, 3.05) is 18.5 Å². The van der Waals surface area contributed by atoms with Gasteiger partial charge in [-0.3, -0.25) is 9.59 Å². The van der Waals surface area contributed by atoms with E-state index in [-0.39, 0.29) is 30.4 Å². The first-order chi connectivity index (χ1) is 15.5. The summed E-state index contributed by atoms with van der Waals surface area (Å²) < 4.78 is 6.75. The van der Waals surface area contributed by atoms with Crippen LogP contribution in [0.2, 0.25) is 0 Å². The van der Waals surface area contributed by atoms with Crippen LogP contribution in [0.4, 0.5) is 5.00 Å². The highest BCUT2D eigenvalue weighted by atomic mass is 32.1. The number of ether oxygens (including phenoxy) is 1. The van der Waals surface area contributed by atoms with Gasteiger partial charge in [-0.15, -0.1) is 16.4 Å². The van der Waals surface area contributed by atoms with Crippen LogP contribution in [-0.4, -0.2) is 45.9 Å². The number of hydrogen-bond donors (Lipinski definition) is 2. The highest BCUT2D eigenvalue weighted by Gasteiger charge is 2.35. The molecule has 0 aliphatic heterocycles. The summed E-state index contributed by atoms with van der Waals surface area (Å²) in [6, 6.07) is -0.110. The zero-order valence-corrected chi connectivity index (χ0v) is 18.9. The van der Waals surface area contributed by atoms with E-state index >= 15 is 0 Å². The molecule has 1 unspecified atom stereocenters. The van der Waals surface area contributed by atoms with E-state index in [4.69, 9.17) is 4.74 Å². The number of carbonyl (C=O) groups excluding carboxylic acids is 3. The maximum atomic E-state index is 13.2. The Kier molecular flexibility index (Phi) is 5.71. The summed E-state index contributed by atoms with van der Waals surface area (Å²) in [5, 5.41) is 14.8. The van der Waals surface area contributed by atoms with Gasteiger partial charge >= 0.3 is 5.97 Å². The molecule has 2 aromatic heterocycles. The largest absolute Gasteiger partial charge is 0.461 e. The first kappa shape index (κ1) is 21.1. The highest BCUT2D eigenvalue weighted by molar-refractivity contribution is 7.17. The van der Waals surface area contributed by atoms with Crippen LogP contribution >= 0.6 is 11.3 Å². The maximum Gasteiger partial charge on any atom is 0.358 e. The second-order valence-electron chi connectivity index (χ2n) is 8.81. The number of anilines is 1. The van der Waals surface area contributed by atoms with Crippen LogP contribution in [0.5, 0.6) is 0 Å². The molecule has 2 heterocycles. The lowest BCUT2D eigenvalue weighted by atomic mass is 9.91. The monoisotopic (exact) mass is 457 g/mol. The van der Waals surface area contributed by atoms with Gasteiger partial charge in [0.1, 0.15) is 5.00 Å². The summed E-state index contributed by atoms with van der Waals surface area (Å²) in [6.07, 6.45) is 7.60. The predicted octanol–water partition coefficient (Wildman–Crippen LogP) is 2.73. The van der Waals surface area contributed by atoms with Crippen LogP contribution in [-0.2, 0) is 22.4 Å². The van der Waals surface area contributed by atoms with E-state index in [9.17, 15) is 14.4 Å². The van der Waals surface area contributed by atoms with Gasteiger partial charge in [0.15, 0.2) is 5.69 Å². The lowest BCUT2D eigenvalue weighted by Gasteiger charge is -2.24. The second-order valence-corrected chi connectivity index (χ2v) is 9.91. The smallest absolute Gasteiger partial charge is 0.358 e. The summed E-state index contributed by atoms with van der Waals surface area (Å²) in [5.74, 6) is 0.0375. The van der Waals surface area contributed by atoms with Crippen LogP contribution < -0.4 is 10.6 Å². The van der Waals surface area contributed by atoms with E-state index in [1.807, 2.05) is 0 Å². The average Bonchev–Trinajstić information content (AvgIpc) is 3.71. The molecule has 170 valence electrons. The molecule has 5 rings (SSSR count). The van der Waals surface area contributed by atoms with Crippen LogP contribution in [0.25, 0.3) is 0 Å². The van der Waals surface area contributed by atoms with Crippen molar-refractivity contribution in [2.24, 2.45) is 11.8 Å². The van der Waals surface area contributed by atoms with Gasteiger partial charge in [-0.1, -0.05) is 5.21 Å². The molecule has 3 aliphatic carbocycles. The predicted molar refractivity (Wildman–Crippen MR) is 118 cm³/mol. The summed E-state index contributed by atoms with van der Waals surface area (Å²) in [4.78, 5) is 39.1. The van der Waals surface area contributed by atoms with E-state index in [0.717, 1.165) is 49.0 Å². The summed E-state index contributed by atoms with van der Waals surface area (Å²) in [6.45, 7) is 2.70. The normalized spacial score (nSPS) is 19.8. The molecule has 2 amide bonds. The van der Waals surface area contributed by atoms with E-state index in [2.05, 4.69) is 20.9 Å². The number of hydrogen-bond acceptors (Lipinski definition) is 7. The minimum absolute atomic E-state index is 0.00253. The molecule has 9 nitrogen and oxygen atoms in total. The molecule has 2 saturated carbocycles. The number of fused-ring (bicyclic) bond motifs is 1. The third-order valence-electron chi connectivity index (χ3n) is 6.30. The third kappa shape index (κ3) is 4.28. The summed E-state index contributed by atoms with van der Waals surface area (Å²) in [7, 11) is 0. The Morgan fingerprint density at radius 3 is 2.75 bits per heavy atom. The number of aromatic nitrogens is 3. The van der Waals surface area contributed by atoms with Crippen molar-refractivity contribution in [1.82, 2.24) is 20.3 Å².